The zero-order valence-electron chi connectivity index (χ0n) is 12.6. The number of amides is 1. The van der Waals surface area contributed by atoms with Crippen LogP contribution in [-0.4, -0.2) is 60.4 Å². The molecule has 0 saturated carbocycles. The highest BCUT2D eigenvalue weighted by Gasteiger charge is 2.28. The third kappa shape index (κ3) is 3.02. The van der Waals surface area contributed by atoms with Crippen LogP contribution in [0.3, 0.4) is 0 Å². The number of aromatic nitrogens is 1. The molecular weight excluding hydrogens is 322 g/mol. The van der Waals surface area contributed by atoms with Gasteiger partial charge in [0.05, 0.1) is 11.3 Å². The highest BCUT2D eigenvalue weighted by molar-refractivity contribution is 7.89. The number of nitrogens with zero attached hydrogens (tertiary/aromatic N) is 2. The molecule has 1 aliphatic rings. The predicted octanol–water partition coefficient (Wildman–Crippen LogP) is 0.229. The first-order chi connectivity index (χ1) is 10.9. The molecule has 0 unspecified atom stereocenters. The van der Waals surface area contributed by atoms with E-state index in [2.05, 4.69) is 4.98 Å². The van der Waals surface area contributed by atoms with Gasteiger partial charge < -0.3 is 9.32 Å². The average molecular weight is 339 g/mol. The van der Waals surface area contributed by atoms with Crippen molar-refractivity contribution in [3.05, 3.63) is 34.3 Å². The fourth-order valence-electron chi connectivity index (χ4n) is 2.61. The Hall–Kier alpha value is -2.13. The maximum atomic E-state index is 12.5. The zero-order chi connectivity index (χ0) is 16.6. The van der Waals surface area contributed by atoms with Gasteiger partial charge in [-0.05, 0) is 25.1 Å². The Labute approximate surface area is 132 Å². The van der Waals surface area contributed by atoms with Gasteiger partial charge in [0.25, 0.3) is 5.91 Å². The fraction of sp³-hybridized carbons (Fsp3) is 0.429. The third-order valence-electron chi connectivity index (χ3n) is 3.95. The molecule has 2 heterocycles. The fourth-order valence-corrected chi connectivity index (χ4v) is 3.70. The van der Waals surface area contributed by atoms with Gasteiger partial charge in [-0.15, -0.1) is 0 Å². The van der Waals surface area contributed by atoms with Crippen molar-refractivity contribution >= 4 is 27.0 Å². The number of carbonyl (C=O) groups excluding carboxylic acids is 1. The van der Waals surface area contributed by atoms with E-state index in [1.807, 2.05) is 0 Å². The van der Waals surface area contributed by atoms with Gasteiger partial charge in [0.1, 0.15) is 0 Å². The maximum Gasteiger partial charge on any atom is 0.417 e. The Balaban J connectivity index is 1.74. The first-order valence-corrected chi connectivity index (χ1v) is 8.91. The Kier molecular flexibility index (Phi) is 3.99. The quantitative estimate of drug-likeness (QED) is 0.862. The second-order valence-corrected chi connectivity index (χ2v) is 7.57. The Morgan fingerprint density at radius 3 is 2.61 bits per heavy atom. The van der Waals surface area contributed by atoms with Crippen molar-refractivity contribution in [1.82, 2.24) is 14.2 Å². The minimum Gasteiger partial charge on any atom is -0.408 e. The number of H-pyrrole nitrogens is 1. The largest absolute Gasteiger partial charge is 0.417 e. The molecule has 1 aromatic carbocycles. The number of sulfonamides is 1. The van der Waals surface area contributed by atoms with Crippen molar-refractivity contribution in [2.75, 3.05) is 31.9 Å². The SMILES string of the molecule is CCS(=O)(=O)N1CCN(C(=O)c2ccc3[nH]c(=O)oc3c2)CC1. The van der Waals surface area contributed by atoms with Gasteiger partial charge in [-0.2, -0.15) is 4.31 Å². The maximum absolute atomic E-state index is 12.5. The summed E-state index contributed by atoms with van der Waals surface area (Å²) in [6.45, 7) is 2.87. The van der Waals surface area contributed by atoms with Crippen LogP contribution in [0.15, 0.2) is 27.4 Å². The molecule has 0 atom stereocenters. The van der Waals surface area contributed by atoms with Crippen LogP contribution in [-0.2, 0) is 10.0 Å². The Morgan fingerprint density at radius 2 is 1.96 bits per heavy atom. The van der Waals surface area contributed by atoms with Gasteiger partial charge in [0.2, 0.25) is 10.0 Å². The van der Waals surface area contributed by atoms with E-state index < -0.39 is 15.8 Å². The number of benzene rings is 1. The minimum atomic E-state index is -3.22. The summed E-state index contributed by atoms with van der Waals surface area (Å²) in [7, 11) is -3.22. The number of hydrogen-bond donors (Lipinski definition) is 1. The second-order valence-electron chi connectivity index (χ2n) is 5.32. The number of aromatic amines is 1. The van der Waals surface area contributed by atoms with E-state index in [4.69, 9.17) is 4.42 Å². The highest BCUT2D eigenvalue weighted by atomic mass is 32.2. The lowest BCUT2D eigenvalue weighted by atomic mass is 10.1. The molecule has 23 heavy (non-hydrogen) atoms. The van der Waals surface area contributed by atoms with Crippen LogP contribution in [0.5, 0.6) is 0 Å². The van der Waals surface area contributed by atoms with E-state index in [0.717, 1.165) is 0 Å². The number of oxazole rings is 1. The lowest BCUT2D eigenvalue weighted by Crippen LogP contribution is -2.50. The number of carbonyl (C=O) groups is 1. The molecule has 0 spiro atoms. The number of rotatable bonds is 3. The van der Waals surface area contributed by atoms with E-state index in [1.165, 1.54) is 10.4 Å². The van der Waals surface area contributed by atoms with Crippen molar-refractivity contribution in [2.24, 2.45) is 0 Å². The van der Waals surface area contributed by atoms with Crippen LogP contribution < -0.4 is 5.76 Å². The molecule has 1 amide bonds. The smallest absolute Gasteiger partial charge is 0.408 e. The van der Waals surface area contributed by atoms with Crippen LogP contribution in [0.1, 0.15) is 17.3 Å². The van der Waals surface area contributed by atoms with Crippen molar-refractivity contribution in [2.45, 2.75) is 6.92 Å². The summed E-state index contributed by atoms with van der Waals surface area (Å²) >= 11 is 0. The average Bonchev–Trinajstić information content (AvgIpc) is 2.93. The first-order valence-electron chi connectivity index (χ1n) is 7.30. The molecule has 1 N–H and O–H groups in total. The summed E-state index contributed by atoms with van der Waals surface area (Å²) in [5.41, 5.74) is 1.27. The van der Waals surface area contributed by atoms with E-state index >= 15 is 0 Å². The molecule has 124 valence electrons. The molecule has 1 fully saturated rings. The lowest BCUT2D eigenvalue weighted by molar-refractivity contribution is 0.0698. The predicted molar refractivity (Wildman–Crippen MR) is 83.8 cm³/mol. The van der Waals surface area contributed by atoms with Gasteiger partial charge in [-0.25, -0.2) is 13.2 Å². The molecule has 8 nitrogen and oxygen atoms in total. The number of fused-ring (bicyclic) bond motifs is 1. The molecule has 2 aromatic rings. The summed E-state index contributed by atoms with van der Waals surface area (Å²) in [4.78, 5) is 27.8. The Morgan fingerprint density at radius 1 is 1.26 bits per heavy atom. The van der Waals surface area contributed by atoms with Gasteiger partial charge in [0, 0.05) is 31.7 Å². The molecule has 3 rings (SSSR count). The Bertz CT molecular complexity index is 891. The van der Waals surface area contributed by atoms with Crippen LogP contribution in [0.2, 0.25) is 0 Å². The molecule has 9 heteroatoms. The summed E-state index contributed by atoms with van der Waals surface area (Å²) in [6.07, 6.45) is 0. The number of hydrogen-bond acceptors (Lipinski definition) is 5. The van der Waals surface area contributed by atoms with Crippen LogP contribution >= 0.6 is 0 Å². The topological polar surface area (TPSA) is 104 Å². The first kappa shape index (κ1) is 15.8. The molecule has 1 aliphatic heterocycles. The zero-order valence-corrected chi connectivity index (χ0v) is 13.4. The summed E-state index contributed by atoms with van der Waals surface area (Å²) in [5.74, 6) is -0.711. The third-order valence-corrected chi connectivity index (χ3v) is 5.83. The monoisotopic (exact) mass is 339 g/mol. The van der Waals surface area contributed by atoms with Crippen molar-refractivity contribution in [1.29, 1.82) is 0 Å². The van der Waals surface area contributed by atoms with E-state index in [9.17, 15) is 18.0 Å². The number of piperazine rings is 1. The molecule has 0 aliphatic carbocycles. The molecule has 0 bridgehead atoms. The van der Waals surface area contributed by atoms with Gasteiger partial charge in [-0.3, -0.25) is 9.78 Å². The van der Waals surface area contributed by atoms with Crippen LogP contribution in [0, 0.1) is 0 Å². The van der Waals surface area contributed by atoms with Crippen molar-refractivity contribution in [3.8, 4) is 0 Å². The van der Waals surface area contributed by atoms with E-state index in [1.54, 1.807) is 24.0 Å². The van der Waals surface area contributed by atoms with Crippen LogP contribution in [0.25, 0.3) is 11.1 Å². The van der Waals surface area contributed by atoms with Gasteiger partial charge in [0.15, 0.2) is 5.58 Å². The standard InChI is InChI=1S/C14H17N3O5S/c1-2-23(20,21)17-7-5-16(6-8-17)13(18)10-3-4-11-12(9-10)22-14(19)15-11/h3-4,9H,2,5-8H2,1H3,(H,15,19). The van der Waals surface area contributed by atoms with Gasteiger partial charge >= 0.3 is 5.76 Å². The minimum absolute atomic E-state index is 0.0597. The molecule has 1 aromatic heterocycles. The number of nitrogens with one attached hydrogen (secondary N) is 1. The molecule has 1 saturated heterocycles. The van der Waals surface area contributed by atoms with Crippen molar-refractivity contribution in [3.63, 3.8) is 0 Å². The van der Waals surface area contributed by atoms with Crippen molar-refractivity contribution < 1.29 is 17.6 Å². The van der Waals surface area contributed by atoms with Crippen LogP contribution in [0.4, 0.5) is 0 Å². The van der Waals surface area contributed by atoms with E-state index in [-0.39, 0.29) is 11.7 Å². The second kappa shape index (κ2) is 5.82. The normalized spacial score (nSPS) is 16.8. The summed E-state index contributed by atoms with van der Waals surface area (Å²) in [6, 6.07) is 4.75. The lowest BCUT2D eigenvalue weighted by Gasteiger charge is -2.33. The summed E-state index contributed by atoms with van der Waals surface area (Å²) < 4.78 is 30.0. The summed E-state index contributed by atoms with van der Waals surface area (Å²) in [5, 5.41) is 0. The molecule has 0 radical (unpaired) electrons. The highest BCUT2D eigenvalue weighted by Crippen LogP contribution is 2.16. The van der Waals surface area contributed by atoms with E-state index in [0.29, 0.717) is 42.8 Å². The molecular formula is C14H17N3O5S. The van der Waals surface area contributed by atoms with Gasteiger partial charge in [-0.1, -0.05) is 0 Å².